The number of benzene rings is 1. The van der Waals surface area contributed by atoms with E-state index in [0.29, 0.717) is 25.9 Å². The van der Waals surface area contributed by atoms with E-state index < -0.39 is 46.2 Å². The number of nitrogen functional groups attached to an aromatic ring is 1. The van der Waals surface area contributed by atoms with Crippen molar-refractivity contribution in [3.8, 4) is 5.75 Å². The molecule has 3 aliphatic rings. The number of nitrogens with two attached hydrogens (primary N) is 1. The number of piperidine rings is 1. The summed E-state index contributed by atoms with van der Waals surface area (Å²) in [6.07, 6.45) is 4.34. The van der Waals surface area contributed by atoms with Crippen molar-refractivity contribution < 1.29 is 27.8 Å². The molecule has 0 bridgehead atoms. The van der Waals surface area contributed by atoms with E-state index in [2.05, 4.69) is 5.32 Å². The topological polar surface area (TPSA) is 110 Å². The molecule has 0 amide bonds. The van der Waals surface area contributed by atoms with Gasteiger partial charge < -0.3 is 30.4 Å². The van der Waals surface area contributed by atoms with Gasteiger partial charge in [0.1, 0.15) is 11.3 Å². The first-order valence-electron chi connectivity index (χ1n) is 10.6. The van der Waals surface area contributed by atoms with E-state index in [1.54, 1.807) is 4.90 Å². The van der Waals surface area contributed by atoms with Crippen LogP contribution < -0.4 is 26.1 Å². The number of halogens is 3. The Bertz CT molecular complexity index is 1150. The van der Waals surface area contributed by atoms with Crippen LogP contribution in [0.3, 0.4) is 0 Å². The molecule has 2 aliphatic heterocycles. The molecule has 1 aliphatic carbocycles. The number of carboxylic acid groups (broad SMARTS) is 1. The quantitative estimate of drug-likeness (QED) is 0.598. The van der Waals surface area contributed by atoms with Crippen molar-refractivity contribution in [2.45, 2.75) is 44.4 Å². The highest BCUT2D eigenvalue weighted by molar-refractivity contribution is 6.03. The molecule has 5 rings (SSSR count). The SMILES string of the molecule is Nc1c(F)c(N2C[C@@H]3CCCN[C@@H]3C2)c(OC(F)F)c2c1c(=O)c(C(=O)O)cn2C1CC1. The standard InChI is InChI=1S/C21H23F3N4O4/c22-14-15(25)13-16(28(10-3-4-10)7-11(18(13)29)20(30)31)19(32-21(23)24)17(14)27-6-9-2-1-5-26-12(9)8-27/h7,9-10,12,21,26H,1-6,8,25H2,(H,30,31)/t9-,12+/m0/s1. The number of pyridine rings is 1. The predicted octanol–water partition coefficient (Wildman–Crippen LogP) is 2.55. The van der Waals surface area contributed by atoms with Gasteiger partial charge in [0.2, 0.25) is 5.43 Å². The summed E-state index contributed by atoms with van der Waals surface area (Å²) in [4.78, 5) is 26.2. The number of hydrogen-bond acceptors (Lipinski definition) is 6. The van der Waals surface area contributed by atoms with E-state index in [0.717, 1.165) is 25.6 Å². The highest BCUT2D eigenvalue weighted by Gasteiger charge is 2.39. The monoisotopic (exact) mass is 452 g/mol. The second-order valence-electron chi connectivity index (χ2n) is 8.69. The summed E-state index contributed by atoms with van der Waals surface area (Å²) in [6, 6.07) is -0.128. The van der Waals surface area contributed by atoms with Crippen LogP contribution in [0.15, 0.2) is 11.0 Å². The van der Waals surface area contributed by atoms with Crippen molar-refractivity contribution in [1.29, 1.82) is 0 Å². The van der Waals surface area contributed by atoms with Crippen LogP contribution in [-0.2, 0) is 0 Å². The van der Waals surface area contributed by atoms with Crippen LogP contribution in [0.4, 0.5) is 24.5 Å². The average molecular weight is 452 g/mol. The molecule has 1 aromatic carbocycles. The van der Waals surface area contributed by atoms with E-state index in [1.165, 1.54) is 4.57 Å². The van der Waals surface area contributed by atoms with Gasteiger partial charge in [0, 0.05) is 31.4 Å². The second-order valence-corrected chi connectivity index (χ2v) is 8.69. The van der Waals surface area contributed by atoms with Gasteiger partial charge in [0.05, 0.1) is 16.6 Å². The number of anilines is 2. The largest absolute Gasteiger partial charge is 0.477 e. The Morgan fingerprint density at radius 1 is 1.28 bits per heavy atom. The third kappa shape index (κ3) is 3.26. The van der Waals surface area contributed by atoms with Gasteiger partial charge in [-0.15, -0.1) is 0 Å². The zero-order valence-electron chi connectivity index (χ0n) is 17.1. The second kappa shape index (κ2) is 7.58. The molecular weight excluding hydrogens is 429 g/mol. The molecule has 2 aromatic rings. The van der Waals surface area contributed by atoms with Crippen molar-refractivity contribution in [2.24, 2.45) is 5.92 Å². The van der Waals surface area contributed by atoms with Crippen molar-refractivity contribution in [2.75, 3.05) is 30.3 Å². The number of nitrogens with zero attached hydrogens (tertiary/aromatic N) is 2. The fraction of sp³-hybridized carbons (Fsp3) is 0.524. The van der Waals surface area contributed by atoms with Gasteiger partial charge in [-0.2, -0.15) is 8.78 Å². The normalized spacial score (nSPS) is 23.1. The molecule has 3 heterocycles. The number of aromatic nitrogens is 1. The molecule has 3 fully saturated rings. The molecule has 32 heavy (non-hydrogen) atoms. The lowest BCUT2D eigenvalue weighted by Crippen LogP contribution is -2.40. The average Bonchev–Trinajstić information content (AvgIpc) is 3.49. The first kappa shape index (κ1) is 20.9. The Balaban J connectivity index is 1.80. The molecule has 2 saturated heterocycles. The van der Waals surface area contributed by atoms with E-state index in [-0.39, 0.29) is 29.2 Å². The Kier molecular flexibility index (Phi) is 4.95. The Morgan fingerprint density at radius 2 is 2.03 bits per heavy atom. The summed E-state index contributed by atoms with van der Waals surface area (Å²) in [5, 5.41) is 12.4. The van der Waals surface area contributed by atoms with Crippen molar-refractivity contribution in [3.63, 3.8) is 0 Å². The first-order valence-corrected chi connectivity index (χ1v) is 10.6. The highest BCUT2D eigenvalue weighted by atomic mass is 19.3. The van der Waals surface area contributed by atoms with Crippen molar-refractivity contribution in [3.05, 3.63) is 27.8 Å². The van der Waals surface area contributed by atoms with Gasteiger partial charge in [-0.05, 0) is 38.1 Å². The first-order chi connectivity index (χ1) is 15.3. The fourth-order valence-corrected chi connectivity index (χ4v) is 5.07. The van der Waals surface area contributed by atoms with Crippen LogP contribution in [0.2, 0.25) is 0 Å². The molecule has 2 atom stereocenters. The van der Waals surface area contributed by atoms with Crippen LogP contribution in [0, 0.1) is 11.7 Å². The Morgan fingerprint density at radius 3 is 2.66 bits per heavy atom. The number of nitrogens with one attached hydrogen (secondary N) is 1. The van der Waals surface area contributed by atoms with Gasteiger partial charge in [0.25, 0.3) is 0 Å². The van der Waals surface area contributed by atoms with Gasteiger partial charge in [-0.25, -0.2) is 9.18 Å². The maximum Gasteiger partial charge on any atom is 0.387 e. The zero-order valence-corrected chi connectivity index (χ0v) is 17.1. The summed E-state index contributed by atoms with van der Waals surface area (Å²) in [6.45, 7) is -1.63. The maximum absolute atomic E-state index is 15.6. The summed E-state index contributed by atoms with van der Waals surface area (Å²) in [7, 11) is 0. The van der Waals surface area contributed by atoms with Crippen LogP contribution in [0.5, 0.6) is 5.75 Å². The van der Waals surface area contributed by atoms with Gasteiger partial charge in [-0.1, -0.05) is 0 Å². The third-order valence-electron chi connectivity index (χ3n) is 6.67. The number of carbonyl (C=O) groups is 1. The molecule has 0 spiro atoms. The molecular formula is C21H23F3N4O4. The number of fused-ring (bicyclic) bond motifs is 2. The van der Waals surface area contributed by atoms with Crippen LogP contribution in [0.25, 0.3) is 10.9 Å². The van der Waals surface area contributed by atoms with Crippen LogP contribution >= 0.6 is 0 Å². The van der Waals surface area contributed by atoms with E-state index in [1.807, 2.05) is 0 Å². The summed E-state index contributed by atoms with van der Waals surface area (Å²) < 4.78 is 48.9. The number of hydrogen-bond donors (Lipinski definition) is 3. The number of rotatable bonds is 5. The van der Waals surface area contributed by atoms with Crippen LogP contribution in [-0.4, -0.2) is 47.9 Å². The van der Waals surface area contributed by atoms with E-state index in [9.17, 15) is 23.5 Å². The number of carboxylic acids is 1. The third-order valence-corrected chi connectivity index (χ3v) is 6.67. The predicted molar refractivity (Wildman–Crippen MR) is 111 cm³/mol. The molecule has 0 radical (unpaired) electrons. The van der Waals surface area contributed by atoms with Crippen molar-refractivity contribution >= 4 is 28.2 Å². The zero-order chi connectivity index (χ0) is 22.7. The fourth-order valence-electron chi connectivity index (χ4n) is 5.07. The maximum atomic E-state index is 15.6. The van der Waals surface area contributed by atoms with Gasteiger partial charge >= 0.3 is 12.6 Å². The van der Waals surface area contributed by atoms with Crippen LogP contribution in [0.1, 0.15) is 42.1 Å². The molecule has 4 N–H and O–H groups in total. The Labute approximate surface area is 180 Å². The smallest absolute Gasteiger partial charge is 0.387 e. The molecule has 8 nitrogen and oxygen atoms in total. The lowest BCUT2D eigenvalue weighted by Gasteiger charge is -2.26. The lowest BCUT2D eigenvalue weighted by atomic mass is 9.94. The Hall–Kier alpha value is -2.95. The molecule has 1 saturated carbocycles. The molecule has 11 heteroatoms. The minimum Gasteiger partial charge on any atom is -0.477 e. The summed E-state index contributed by atoms with van der Waals surface area (Å²) in [5.74, 6) is -2.80. The minimum absolute atomic E-state index is 0.0829. The minimum atomic E-state index is -3.27. The van der Waals surface area contributed by atoms with Crippen molar-refractivity contribution in [1.82, 2.24) is 9.88 Å². The summed E-state index contributed by atoms with van der Waals surface area (Å²) in [5.41, 5.74) is 3.56. The highest BCUT2D eigenvalue weighted by Crippen LogP contribution is 2.47. The molecule has 172 valence electrons. The van der Waals surface area contributed by atoms with E-state index >= 15 is 4.39 Å². The van der Waals surface area contributed by atoms with Gasteiger partial charge in [-0.3, -0.25) is 4.79 Å². The number of ether oxygens (including phenoxy) is 1. The molecule has 0 unspecified atom stereocenters. The number of aromatic carboxylic acids is 1. The van der Waals surface area contributed by atoms with Gasteiger partial charge in [0.15, 0.2) is 11.6 Å². The molecule has 1 aromatic heterocycles. The number of alkyl halides is 2. The summed E-state index contributed by atoms with van der Waals surface area (Å²) >= 11 is 0. The van der Waals surface area contributed by atoms with E-state index in [4.69, 9.17) is 10.5 Å². The lowest BCUT2D eigenvalue weighted by molar-refractivity contribution is -0.0488.